The number of piperidine rings is 1. The molecule has 0 saturated carbocycles. The number of hydrogen-bond donors (Lipinski definition) is 1. The maximum absolute atomic E-state index is 7.11. The van der Waals surface area contributed by atoms with Crippen molar-refractivity contribution >= 4 is 0 Å². The fourth-order valence-corrected chi connectivity index (χ4v) is 1.48. The molecule has 1 atom stereocenters. The molecule has 1 saturated heterocycles. The third kappa shape index (κ3) is 1.48. The monoisotopic (exact) mass is 169 g/mol. The van der Waals surface area contributed by atoms with E-state index in [0.29, 0.717) is 5.89 Å². The van der Waals surface area contributed by atoms with E-state index in [4.69, 9.17) is 7.26 Å². The standard InChI is InChI=1S/C8H13N3O/c1-6-10-8(12-11-6)7-3-2-4-9-5-7/h7,9H,2-5H2,1H3/t7-/m0/s1/i1D2. The molecule has 1 aromatic rings. The van der Waals surface area contributed by atoms with Crippen molar-refractivity contribution in [1.82, 2.24) is 15.5 Å². The first kappa shape index (κ1) is 5.70. The fraction of sp³-hybridized carbons (Fsp3) is 0.750. The molecular formula is C8H13N3O. The predicted molar refractivity (Wildman–Crippen MR) is 43.9 cm³/mol. The van der Waals surface area contributed by atoms with Gasteiger partial charge in [0.25, 0.3) is 0 Å². The number of nitrogens with one attached hydrogen (secondary N) is 1. The normalized spacial score (nSPS) is 26.9. The number of rotatable bonds is 1. The van der Waals surface area contributed by atoms with Crippen molar-refractivity contribution in [2.24, 2.45) is 0 Å². The number of aromatic nitrogens is 2. The lowest BCUT2D eigenvalue weighted by atomic mass is 10.00. The van der Waals surface area contributed by atoms with Crippen LogP contribution in [0.4, 0.5) is 0 Å². The Bertz CT molecular complexity index is 297. The molecule has 1 aliphatic rings. The van der Waals surface area contributed by atoms with E-state index in [-0.39, 0.29) is 11.7 Å². The summed E-state index contributed by atoms with van der Waals surface area (Å²) in [4.78, 5) is 4.04. The zero-order chi connectivity index (χ0) is 9.97. The average molecular weight is 169 g/mol. The summed E-state index contributed by atoms with van der Waals surface area (Å²) < 4.78 is 19.2. The van der Waals surface area contributed by atoms with Gasteiger partial charge >= 0.3 is 0 Å². The van der Waals surface area contributed by atoms with Crippen LogP contribution in [0.5, 0.6) is 0 Å². The molecule has 4 nitrogen and oxygen atoms in total. The van der Waals surface area contributed by atoms with Gasteiger partial charge in [0, 0.05) is 9.29 Å². The summed E-state index contributed by atoms with van der Waals surface area (Å²) in [7, 11) is 0. The second-order valence-corrected chi connectivity index (χ2v) is 3.03. The molecule has 4 heteroatoms. The van der Waals surface area contributed by atoms with Crippen LogP contribution < -0.4 is 5.32 Å². The third-order valence-electron chi connectivity index (χ3n) is 2.10. The van der Waals surface area contributed by atoms with Crippen LogP contribution in [0.2, 0.25) is 0 Å². The van der Waals surface area contributed by atoms with Gasteiger partial charge in [-0.2, -0.15) is 4.98 Å². The van der Waals surface area contributed by atoms with Gasteiger partial charge in [-0.1, -0.05) is 5.16 Å². The molecule has 2 heterocycles. The van der Waals surface area contributed by atoms with Gasteiger partial charge in [0.05, 0.1) is 5.92 Å². The van der Waals surface area contributed by atoms with E-state index in [9.17, 15) is 0 Å². The highest BCUT2D eigenvalue weighted by atomic mass is 16.5. The second kappa shape index (κ2) is 3.23. The molecular weight excluding hydrogens is 154 g/mol. The molecule has 0 spiro atoms. The SMILES string of the molecule is [2H]C([2H])c1noc([C@H]2CCCNC2)n1. The molecule has 0 bridgehead atoms. The van der Waals surface area contributed by atoms with Crippen molar-refractivity contribution < 1.29 is 7.26 Å². The Labute approximate surface area is 74.2 Å². The summed E-state index contributed by atoms with van der Waals surface area (Å²) >= 11 is 0. The second-order valence-electron chi connectivity index (χ2n) is 3.03. The van der Waals surface area contributed by atoms with Crippen LogP contribution in [0.25, 0.3) is 0 Å². The topological polar surface area (TPSA) is 51.0 Å². The van der Waals surface area contributed by atoms with E-state index in [0.717, 1.165) is 25.9 Å². The molecule has 0 radical (unpaired) electrons. The molecule has 1 aromatic heterocycles. The fourth-order valence-electron chi connectivity index (χ4n) is 1.48. The Kier molecular flexibility index (Phi) is 1.53. The summed E-state index contributed by atoms with van der Waals surface area (Å²) in [6.07, 6.45) is 2.14. The van der Waals surface area contributed by atoms with Gasteiger partial charge in [0.2, 0.25) is 5.89 Å². The van der Waals surface area contributed by atoms with Gasteiger partial charge in [-0.25, -0.2) is 0 Å². The van der Waals surface area contributed by atoms with Crippen molar-refractivity contribution in [3.05, 3.63) is 11.7 Å². The van der Waals surface area contributed by atoms with Crippen molar-refractivity contribution in [1.29, 1.82) is 0 Å². The van der Waals surface area contributed by atoms with Gasteiger partial charge in [-0.15, -0.1) is 0 Å². The van der Waals surface area contributed by atoms with Crippen LogP contribution in [0.3, 0.4) is 0 Å². The Morgan fingerprint density at radius 3 is 3.42 bits per heavy atom. The van der Waals surface area contributed by atoms with E-state index in [1.807, 2.05) is 0 Å². The van der Waals surface area contributed by atoms with Crippen LogP contribution in [-0.4, -0.2) is 23.2 Å². The highest BCUT2D eigenvalue weighted by molar-refractivity contribution is 4.95. The Hall–Kier alpha value is -0.900. The lowest BCUT2D eigenvalue weighted by molar-refractivity contribution is 0.321. The van der Waals surface area contributed by atoms with Crippen LogP contribution in [-0.2, 0) is 0 Å². The summed E-state index contributed by atoms with van der Waals surface area (Å²) in [6.45, 7) is 0.739. The molecule has 2 rings (SSSR count). The van der Waals surface area contributed by atoms with Gasteiger partial charge in [-0.05, 0) is 26.3 Å². The van der Waals surface area contributed by atoms with Gasteiger partial charge in [0.15, 0.2) is 5.82 Å². The molecule has 12 heavy (non-hydrogen) atoms. The highest BCUT2D eigenvalue weighted by Gasteiger charge is 2.20. The summed E-state index contributed by atoms with van der Waals surface area (Å²) in [5.41, 5.74) is 0. The number of nitrogens with zero attached hydrogens (tertiary/aromatic N) is 2. The van der Waals surface area contributed by atoms with Gasteiger partial charge in [0.1, 0.15) is 0 Å². The minimum Gasteiger partial charge on any atom is -0.339 e. The predicted octanol–water partition coefficient (Wildman–Crippen LogP) is 0.845. The zero-order valence-electron chi connectivity index (χ0n) is 8.79. The van der Waals surface area contributed by atoms with Crippen LogP contribution >= 0.6 is 0 Å². The molecule has 0 aromatic carbocycles. The third-order valence-corrected chi connectivity index (χ3v) is 2.10. The van der Waals surface area contributed by atoms with Gasteiger partial charge in [-0.3, -0.25) is 0 Å². The van der Waals surface area contributed by atoms with Crippen LogP contribution in [0.15, 0.2) is 4.52 Å². The first-order valence-electron chi connectivity index (χ1n) is 5.31. The minimum atomic E-state index is -1.15. The highest BCUT2D eigenvalue weighted by Crippen LogP contribution is 2.20. The molecule has 1 aliphatic heterocycles. The van der Waals surface area contributed by atoms with Crippen molar-refractivity contribution in [2.45, 2.75) is 25.6 Å². The van der Waals surface area contributed by atoms with E-state index >= 15 is 0 Å². The smallest absolute Gasteiger partial charge is 0.231 e. The van der Waals surface area contributed by atoms with Crippen LogP contribution in [0, 0.1) is 6.88 Å². The molecule has 1 N–H and O–H groups in total. The molecule has 0 aliphatic carbocycles. The summed E-state index contributed by atoms with van der Waals surface area (Å²) in [6, 6.07) is 0. The zero-order valence-corrected chi connectivity index (χ0v) is 6.79. The van der Waals surface area contributed by atoms with E-state index in [2.05, 4.69) is 15.5 Å². The summed E-state index contributed by atoms with van der Waals surface area (Å²) in [5, 5.41) is 6.85. The largest absolute Gasteiger partial charge is 0.339 e. The first-order chi connectivity index (χ1) is 6.77. The van der Waals surface area contributed by atoms with E-state index in [1.54, 1.807) is 0 Å². The molecule has 1 fully saturated rings. The Balaban J connectivity index is 2.07. The van der Waals surface area contributed by atoms with E-state index < -0.39 is 6.88 Å². The molecule has 0 amide bonds. The molecule has 0 unspecified atom stereocenters. The van der Waals surface area contributed by atoms with Crippen LogP contribution in [0.1, 0.15) is 33.2 Å². The first-order valence-corrected chi connectivity index (χ1v) is 4.16. The van der Waals surface area contributed by atoms with E-state index in [1.165, 1.54) is 0 Å². The van der Waals surface area contributed by atoms with Crippen molar-refractivity contribution in [2.75, 3.05) is 13.1 Å². The number of hydrogen-bond acceptors (Lipinski definition) is 4. The van der Waals surface area contributed by atoms with Crippen molar-refractivity contribution in [3.63, 3.8) is 0 Å². The van der Waals surface area contributed by atoms with Crippen molar-refractivity contribution in [3.8, 4) is 0 Å². The summed E-state index contributed by atoms with van der Waals surface area (Å²) in [5.74, 6) is 0.978. The molecule has 66 valence electrons. The number of aryl methyl sites for hydroxylation is 1. The lowest BCUT2D eigenvalue weighted by Crippen LogP contribution is -2.28. The van der Waals surface area contributed by atoms with Gasteiger partial charge < -0.3 is 9.84 Å². The lowest BCUT2D eigenvalue weighted by Gasteiger charge is -2.18. The maximum atomic E-state index is 7.11. The minimum absolute atomic E-state index is 0.158. The maximum Gasteiger partial charge on any atom is 0.231 e. The average Bonchev–Trinajstić information content (AvgIpc) is 2.68. The Morgan fingerprint density at radius 2 is 2.75 bits per heavy atom. The Morgan fingerprint density at radius 1 is 1.75 bits per heavy atom. The quantitative estimate of drug-likeness (QED) is 0.677.